The molecule has 3 heteroatoms. The Kier molecular flexibility index (Phi) is 3.85. The van der Waals surface area contributed by atoms with Crippen LogP contribution in [0.15, 0.2) is 30.3 Å². The van der Waals surface area contributed by atoms with E-state index in [4.69, 9.17) is 4.74 Å². The molecule has 0 radical (unpaired) electrons. The lowest BCUT2D eigenvalue weighted by Gasteiger charge is -2.44. The monoisotopic (exact) mass is 263 g/mol. The summed E-state index contributed by atoms with van der Waals surface area (Å²) in [7, 11) is 0. The molecule has 0 aliphatic carbocycles. The lowest BCUT2D eigenvalue weighted by molar-refractivity contribution is -0.131. The summed E-state index contributed by atoms with van der Waals surface area (Å²) in [5, 5.41) is 0. The number of nitrogens with zero attached hydrogens (tertiary/aromatic N) is 1. The quantitative estimate of drug-likeness (QED) is 0.812. The van der Waals surface area contributed by atoms with Crippen LogP contribution < -0.4 is 0 Å². The van der Waals surface area contributed by atoms with Gasteiger partial charge in [0.2, 0.25) is 0 Å². The second kappa shape index (κ2) is 5.59. The number of likely N-dealkylation sites (tertiary alicyclic amines) is 1. The van der Waals surface area contributed by atoms with Crippen molar-refractivity contribution in [2.45, 2.75) is 44.0 Å². The van der Waals surface area contributed by atoms with Crippen molar-refractivity contribution in [3.8, 4) is 0 Å². The van der Waals surface area contributed by atoms with Gasteiger partial charge in [-0.25, -0.2) is 4.39 Å². The Morgan fingerprint density at radius 2 is 1.95 bits per heavy atom. The van der Waals surface area contributed by atoms with Crippen molar-refractivity contribution in [3.05, 3.63) is 35.9 Å². The molecule has 1 aromatic carbocycles. The molecule has 0 aromatic heterocycles. The van der Waals surface area contributed by atoms with Gasteiger partial charge >= 0.3 is 0 Å². The zero-order valence-corrected chi connectivity index (χ0v) is 11.4. The Bertz CT molecular complexity index is 400. The summed E-state index contributed by atoms with van der Waals surface area (Å²) in [6.07, 6.45) is 2.47. The zero-order valence-electron chi connectivity index (χ0n) is 11.4. The summed E-state index contributed by atoms with van der Waals surface area (Å²) >= 11 is 0. The highest BCUT2D eigenvalue weighted by Gasteiger charge is 2.40. The van der Waals surface area contributed by atoms with Gasteiger partial charge in [-0.1, -0.05) is 30.3 Å². The first-order chi connectivity index (χ1) is 9.26. The number of rotatable bonds is 2. The average Bonchev–Trinajstić information content (AvgIpc) is 2.43. The van der Waals surface area contributed by atoms with E-state index < -0.39 is 6.17 Å². The van der Waals surface area contributed by atoms with Crippen molar-refractivity contribution in [3.63, 3.8) is 0 Å². The fourth-order valence-electron chi connectivity index (χ4n) is 3.28. The van der Waals surface area contributed by atoms with E-state index in [-0.39, 0.29) is 5.60 Å². The third kappa shape index (κ3) is 3.15. The molecule has 2 aliphatic heterocycles. The first-order valence-corrected chi connectivity index (χ1v) is 7.30. The Balaban J connectivity index is 1.54. The van der Waals surface area contributed by atoms with Crippen LogP contribution in [0.3, 0.4) is 0 Å². The summed E-state index contributed by atoms with van der Waals surface area (Å²) in [4.78, 5) is 2.45. The van der Waals surface area contributed by atoms with Gasteiger partial charge in [-0.15, -0.1) is 0 Å². The first-order valence-electron chi connectivity index (χ1n) is 7.30. The van der Waals surface area contributed by atoms with Crippen LogP contribution in [0.5, 0.6) is 0 Å². The van der Waals surface area contributed by atoms with Crippen LogP contribution in [-0.4, -0.2) is 36.4 Å². The average molecular weight is 263 g/mol. The van der Waals surface area contributed by atoms with E-state index in [2.05, 4.69) is 29.2 Å². The molecule has 19 heavy (non-hydrogen) atoms. The maximum Gasteiger partial charge on any atom is 0.105 e. The van der Waals surface area contributed by atoms with Crippen molar-refractivity contribution in [1.29, 1.82) is 0 Å². The third-order valence-electron chi connectivity index (χ3n) is 4.45. The van der Waals surface area contributed by atoms with E-state index in [1.54, 1.807) is 0 Å². The number of ether oxygens (including phenoxy) is 1. The Morgan fingerprint density at radius 3 is 2.63 bits per heavy atom. The van der Waals surface area contributed by atoms with Crippen molar-refractivity contribution < 1.29 is 9.13 Å². The van der Waals surface area contributed by atoms with Crippen molar-refractivity contribution >= 4 is 0 Å². The smallest absolute Gasteiger partial charge is 0.105 e. The van der Waals surface area contributed by atoms with E-state index in [1.165, 1.54) is 5.56 Å². The van der Waals surface area contributed by atoms with Gasteiger partial charge in [0, 0.05) is 32.5 Å². The number of alkyl halides is 1. The number of hydrogen-bond acceptors (Lipinski definition) is 2. The number of benzene rings is 1. The zero-order chi connectivity index (χ0) is 13.1. The topological polar surface area (TPSA) is 12.5 Å². The van der Waals surface area contributed by atoms with E-state index in [1.807, 2.05) is 6.07 Å². The minimum Gasteiger partial charge on any atom is -0.375 e. The molecule has 1 aromatic rings. The van der Waals surface area contributed by atoms with Gasteiger partial charge < -0.3 is 4.74 Å². The molecule has 1 spiro atoms. The second-order valence-electron chi connectivity index (χ2n) is 5.88. The van der Waals surface area contributed by atoms with Gasteiger partial charge in [0.15, 0.2) is 0 Å². The lowest BCUT2D eigenvalue weighted by atomic mass is 9.83. The number of halogens is 1. The number of piperidine rings is 1. The van der Waals surface area contributed by atoms with Crippen molar-refractivity contribution in [2.75, 3.05) is 19.7 Å². The van der Waals surface area contributed by atoms with Crippen LogP contribution in [0.2, 0.25) is 0 Å². The predicted molar refractivity (Wildman–Crippen MR) is 73.8 cm³/mol. The molecule has 2 heterocycles. The molecule has 1 unspecified atom stereocenters. The van der Waals surface area contributed by atoms with Gasteiger partial charge in [-0.05, 0) is 18.4 Å². The second-order valence-corrected chi connectivity index (χ2v) is 5.88. The van der Waals surface area contributed by atoms with E-state index >= 15 is 0 Å². The highest BCUT2D eigenvalue weighted by Crippen LogP contribution is 2.36. The molecule has 104 valence electrons. The van der Waals surface area contributed by atoms with Gasteiger partial charge in [0.05, 0.1) is 12.2 Å². The van der Waals surface area contributed by atoms with Crippen LogP contribution in [0.4, 0.5) is 4.39 Å². The Hall–Kier alpha value is -0.930. The Labute approximate surface area is 114 Å². The molecule has 2 saturated heterocycles. The SMILES string of the molecule is FC1CCOC2(CCN(Cc3ccccc3)CC2)C1. The van der Waals surface area contributed by atoms with Crippen LogP contribution in [-0.2, 0) is 11.3 Å². The standard InChI is InChI=1S/C16H22FNO/c17-15-6-11-19-16(12-15)7-9-18(10-8-16)13-14-4-2-1-3-5-14/h1-5,15H,6-13H2. The summed E-state index contributed by atoms with van der Waals surface area (Å²) in [5.74, 6) is 0. The molecule has 2 fully saturated rings. The largest absolute Gasteiger partial charge is 0.375 e. The normalized spacial score (nSPS) is 27.5. The maximum atomic E-state index is 13.6. The molecule has 2 aliphatic rings. The van der Waals surface area contributed by atoms with Gasteiger partial charge in [0.25, 0.3) is 0 Å². The van der Waals surface area contributed by atoms with Crippen LogP contribution in [0.1, 0.15) is 31.2 Å². The van der Waals surface area contributed by atoms with Gasteiger partial charge in [-0.2, -0.15) is 0 Å². The van der Waals surface area contributed by atoms with Crippen LogP contribution in [0.25, 0.3) is 0 Å². The van der Waals surface area contributed by atoms with Crippen LogP contribution >= 0.6 is 0 Å². The summed E-state index contributed by atoms with van der Waals surface area (Å²) in [5.41, 5.74) is 1.19. The molecule has 1 atom stereocenters. The molecule has 3 rings (SSSR count). The number of hydrogen-bond donors (Lipinski definition) is 0. The molecule has 2 nitrogen and oxygen atoms in total. The Morgan fingerprint density at radius 1 is 1.21 bits per heavy atom. The summed E-state index contributed by atoms with van der Waals surface area (Å²) in [6.45, 7) is 3.62. The molecule has 0 N–H and O–H groups in total. The third-order valence-corrected chi connectivity index (χ3v) is 4.45. The fourth-order valence-corrected chi connectivity index (χ4v) is 3.28. The summed E-state index contributed by atoms with van der Waals surface area (Å²) in [6, 6.07) is 10.5. The lowest BCUT2D eigenvalue weighted by Crippen LogP contribution is -2.49. The van der Waals surface area contributed by atoms with Gasteiger partial charge in [0.1, 0.15) is 6.17 Å². The fraction of sp³-hybridized carbons (Fsp3) is 0.625. The van der Waals surface area contributed by atoms with Crippen molar-refractivity contribution in [1.82, 2.24) is 4.90 Å². The van der Waals surface area contributed by atoms with E-state index in [0.29, 0.717) is 19.4 Å². The minimum atomic E-state index is -0.658. The molecular weight excluding hydrogens is 241 g/mol. The van der Waals surface area contributed by atoms with Crippen molar-refractivity contribution in [2.24, 2.45) is 0 Å². The highest BCUT2D eigenvalue weighted by atomic mass is 19.1. The van der Waals surface area contributed by atoms with E-state index in [0.717, 1.165) is 32.5 Å². The molecule has 0 saturated carbocycles. The molecule has 0 bridgehead atoms. The maximum absolute atomic E-state index is 13.6. The molecular formula is C16H22FNO. The first kappa shape index (κ1) is 13.1. The van der Waals surface area contributed by atoms with E-state index in [9.17, 15) is 4.39 Å². The molecule has 0 amide bonds. The highest BCUT2D eigenvalue weighted by molar-refractivity contribution is 5.14. The predicted octanol–water partition coefficient (Wildman–Crippen LogP) is 3.17. The van der Waals surface area contributed by atoms with Gasteiger partial charge in [-0.3, -0.25) is 4.90 Å². The minimum absolute atomic E-state index is 0.162. The van der Waals surface area contributed by atoms with Crippen LogP contribution in [0, 0.1) is 0 Å². The summed E-state index contributed by atoms with van der Waals surface area (Å²) < 4.78 is 19.5.